The molecular formula is C21H31N2O3+. The highest BCUT2D eigenvalue weighted by Gasteiger charge is 2.27. The third-order valence-electron chi connectivity index (χ3n) is 5.53. The van der Waals surface area contributed by atoms with Gasteiger partial charge in [0.2, 0.25) is 0 Å². The van der Waals surface area contributed by atoms with Crippen LogP contribution in [0.25, 0.3) is 10.9 Å². The molecule has 0 unspecified atom stereocenters. The molecule has 2 heterocycles. The van der Waals surface area contributed by atoms with Gasteiger partial charge in [-0.15, -0.1) is 0 Å². The number of ether oxygens (including phenoxy) is 1. The van der Waals surface area contributed by atoms with E-state index in [-0.39, 0.29) is 11.7 Å². The van der Waals surface area contributed by atoms with E-state index in [1.54, 1.807) is 6.07 Å². The van der Waals surface area contributed by atoms with E-state index in [9.17, 15) is 9.90 Å². The average molecular weight is 359 g/mol. The molecule has 0 bridgehead atoms. The maximum Gasteiger partial charge on any atom is 0.340 e. The highest BCUT2D eigenvalue weighted by atomic mass is 16.5. The Bertz CT molecular complexity index is 788. The van der Waals surface area contributed by atoms with Crippen LogP contribution in [-0.2, 0) is 17.8 Å². The van der Waals surface area contributed by atoms with Gasteiger partial charge in [0.1, 0.15) is 12.3 Å². The lowest BCUT2D eigenvalue weighted by Crippen LogP contribution is -3.08. The standard InChI is InChI=1S/C21H30N2O3/c1-4-6-13-23-15(3)19(21(25)26-5-2)20-16(14-22-11-7-8-12-22)18(24)10-9-17(20)23/h9-10,24H,4-8,11-14H2,1-3H3/p+1. The van der Waals surface area contributed by atoms with Crippen LogP contribution in [0.15, 0.2) is 12.1 Å². The minimum atomic E-state index is -0.284. The van der Waals surface area contributed by atoms with Crippen LogP contribution in [0, 0.1) is 6.92 Å². The Hall–Kier alpha value is -2.01. The number of rotatable bonds is 7. The van der Waals surface area contributed by atoms with Crippen LogP contribution >= 0.6 is 0 Å². The first-order valence-corrected chi connectivity index (χ1v) is 9.92. The average Bonchev–Trinajstić information content (AvgIpc) is 3.22. The van der Waals surface area contributed by atoms with E-state index in [4.69, 9.17) is 4.74 Å². The molecule has 5 nitrogen and oxygen atoms in total. The predicted octanol–water partition coefficient (Wildman–Crippen LogP) is 2.81. The van der Waals surface area contributed by atoms with Crippen LogP contribution in [-0.4, -0.2) is 35.3 Å². The fourth-order valence-electron chi connectivity index (χ4n) is 4.16. The van der Waals surface area contributed by atoms with Gasteiger partial charge >= 0.3 is 5.97 Å². The number of unbranched alkanes of at least 4 members (excludes halogenated alkanes) is 1. The number of aromatic hydroxyl groups is 1. The Morgan fingerprint density at radius 2 is 2.00 bits per heavy atom. The number of carbonyl (C=O) groups is 1. The quantitative estimate of drug-likeness (QED) is 0.748. The zero-order chi connectivity index (χ0) is 18.7. The Kier molecular flexibility index (Phi) is 5.87. The van der Waals surface area contributed by atoms with Gasteiger partial charge in [-0.25, -0.2) is 4.79 Å². The van der Waals surface area contributed by atoms with Gasteiger partial charge in [0.25, 0.3) is 0 Å². The molecule has 0 atom stereocenters. The van der Waals surface area contributed by atoms with Gasteiger partial charge in [-0.2, -0.15) is 0 Å². The maximum absolute atomic E-state index is 12.7. The van der Waals surface area contributed by atoms with Crippen molar-refractivity contribution >= 4 is 16.9 Å². The van der Waals surface area contributed by atoms with E-state index in [1.165, 1.54) is 17.7 Å². The molecular weight excluding hydrogens is 328 g/mol. The highest BCUT2D eigenvalue weighted by Crippen LogP contribution is 2.34. The van der Waals surface area contributed by atoms with Crippen molar-refractivity contribution in [2.24, 2.45) is 0 Å². The fraction of sp³-hybridized carbons (Fsp3) is 0.571. The molecule has 26 heavy (non-hydrogen) atoms. The smallest absolute Gasteiger partial charge is 0.340 e. The molecule has 1 fully saturated rings. The molecule has 0 radical (unpaired) electrons. The van der Waals surface area contributed by atoms with Crippen molar-refractivity contribution in [3.63, 3.8) is 0 Å². The maximum atomic E-state index is 12.7. The van der Waals surface area contributed by atoms with Gasteiger partial charge in [-0.05, 0) is 32.4 Å². The number of hydrogen-bond donors (Lipinski definition) is 2. The van der Waals surface area contributed by atoms with E-state index in [2.05, 4.69) is 11.5 Å². The van der Waals surface area contributed by atoms with Crippen molar-refractivity contribution in [3.8, 4) is 5.75 Å². The van der Waals surface area contributed by atoms with Crippen molar-refractivity contribution in [2.45, 2.75) is 59.5 Å². The number of phenolic OH excluding ortho intramolecular Hbond substituents is 1. The molecule has 5 heteroatoms. The predicted molar refractivity (Wildman–Crippen MR) is 103 cm³/mol. The van der Waals surface area contributed by atoms with Crippen LogP contribution in [0.2, 0.25) is 0 Å². The first-order valence-electron chi connectivity index (χ1n) is 9.92. The van der Waals surface area contributed by atoms with Crippen LogP contribution in [0.1, 0.15) is 61.1 Å². The number of fused-ring (bicyclic) bond motifs is 1. The van der Waals surface area contributed by atoms with Gasteiger partial charge in [0, 0.05) is 36.0 Å². The lowest BCUT2D eigenvalue weighted by atomic mass is 10.0. The lowest BCUT2D eigenvalue weighted by Gasteiger charge is -2.15. The topological polar surface area (TPSA) is 55.9 Å². The molecule has 1 aliphatic heterocycles. The first kappa shape index (κ1) is 18.8. The lowest BCUT2D eigenvalue weighted by molar-refractivity contribution is -0.901. The summed E-state index contributed by atoms with van der Waals surface area (Å²) in [6, 6.07) is 3.73. The van der Waals surface area contributed by atoms with Crippen LogP contribution in [0.5, 0.6) is 5.75 Å². The van der Waals surface area contributed by atoms with Gasteiger partial charge in [-0.1, -0.05) is 13.3 Å². The number of aromatic nitrogens is 1. The molecule has 1 saturated heterocycles. The molecule has 0 aliphatic carbocycles. The molecule has 142 valence electrons. The van der Waals surface area contributed by atoms with Crippen LogP contribution in [0.4, 0.5) is 0 Å². The van der Waals surface area contributed by atoms with Crippen LogP contribution in [0.3, 0.4) is 0 Å². The number of quaternary nitrogens is 1. The number of likely N-dealkylation sites (tertiary alicyclic amines) is 1. The second kappa shape index (κ2) is 8.12. The molecule has 0 spiro atoms. The van der Waals surface area contributed by atoms with Crippen molar-refractivity contribution in [1.29, 1.82) is 0 Å². The van der Waals surface area contributed by atoms with Crippen molar-refractivity contribution in [2.75, 3.05) is 19.7 Å². The number of phenols is 1. The number of hydrogen-bond acceptors (Lipinski definition) is 3. The zero-order valence-electron chi connectivity index (χ0n) is 16.2. The van der Waals surface area contributed by atoms with Crippen molar-refractivity contribution in [1.82, 2.24) is 4.57 Å². The number of esters is 1. The van der Waals surface area contributed by atoms with Crippen molar-refractivity contribution < 1.29 is 19.5 Å². The van der Waals surface area contributed by atoms with Gasteiger partial charge < -0.3 is 19.3 Å². The SMILES string of the molecule is CCCCn1c(C)c(C(=O)OCC)c2c(C[NH+]3CCCC3)c(O)ccc21. The summed E-state index contributed by atoms with van der Waals surface area (Å²) in [6.45, 7) is 10.2. The summed E-state index contributed by atoms with van der Waals surface area (Å²) in [6.07, 6.45) is 4.61. The number of nitrogens with one attached hydrogen (secondary N) is 1. The number of nitrogens with zero attached hydrogens (tertiary/aromatic N) is 1. The zero-order valence-corrected chi connectivity index (χ0v) is 16.2. The Morgan fingerprint density at radius 3 is 2.65 bits per heavy atom. The summed E-state index contributed by atoms with van der Waals surface area (Å²) in [5, 5.41) is 11.5. The number of aryl methyl sites for hydroxylation is 1. The monoisotopic (exact) mass is 359 g/mol. The largest absolute Gasteiger partial charge is 0.507 e. The Labute approximate surface area is 155 Å². The molecule has 1 aliphatic rings. The second-order valence-corrected chi connectivity index (χ2v) is 7.28. The number of carbonyl (C=O) groups excluding carboxylic acids is 1. The van der Waals surface area contributed by atoms with Gasteiger partial charge in [-0.3, -0.25) is 0 Å². The van der Waals surface area contributed by atoms with Crippen molar-refractivity contribution in [3.05, 3.63) is 29.0 Å². The summed E-state index contributed by atoms with van der Waals surface area (Å²) in [7, 11) is 0. The Balaban J connectivity index is 2.18. The molecule has 1 aromatic carbocycles. The fourth-order valence-corrected chi connectivity index (χ4v) is 4.16. The molecule has 2 N–H and O–H groups in total. The van der Waals surface area contributed by atoms with E-state index in [0.29, 0.717) is 12.2 Å². The summed E-state index contributed by atoms with van der Waals surface area (Å²) < 4.78 is 7.57. The summed E-state index contributed by atoms with van der Waals surface area (Å²) in [4.78, 5) is 14.2. The van der Waals surface area contributed by atoms with E-state index in [0.717, 1.165) is 61.2 Å². The summed E-state index contributed by atoms with van der Waals surface area (Å²) >= 11 is 0. The third-order valence-corrected chi connectivity index (χ3v) is 5.53. The highest BCUT2D eigenvalue weighted by molar-refractivity contribution is 6.07. The Morgan fingerprint density at radius 1 is 1.27 bits per heavy atom. The summed E-state index contributed by atoms with van der Waals surface area (Å²) in [5.41, 5.74) is 3.49. The molecule has 3 rings (SSSR count). The van der Waals surface area contributed by atoms with E-state index < -0.39 is 0 Å². The first-order chi connectivity index (χ1) is 12.6. The van der Waals surface area contributed by atoms with E-state index in [1.807, 2.05) is 19.9 Å². The second-order valence-electron chi connectivity index (χ2n) is 7.28. The van der Waals surface area contributed by atoms with Gasteiger partial charge in [0.05, 0.1) is 30.8 Å². The third kappa shape index (κ3) is 3.45. The molecule has 0 saturated carbocycles. The minimum Gasteiger partial charge on any atom is -0.507 e. The molecule has 1 aromatic heterocycles. The minimum absolute atomic E-state index is 0.284. The van der Waals surface area contributed by atoms with Gasteiger partial charge in [0.15, 0.2) is 0 Å². The number of benzene rings is 1. The normalized spacial score (nSPS) is 15.0. The summed E-state index contributed by atoms with van der Waals surface area (Å²) in [5.74, 6) is 0.00334. The molecule has 2 aromatic rings. The van der Waals surface area contributed by atoms with E-state index >= 15 is 0 Å². The van der Waals surface area contributed by atoms with Crippen LogP contribution < -0.4 is 4.90 Å². The molecule has 0 amide bonds.